The molecule has 0 heterocycles. The summed E-state index contributed by atoms with van der Waals surface area (Å²) in [4.78, 5) is 13.9. The van der Waals surface area contributed by atoms with Crippen molar-refractivity contribution < 1.29 is 4.79 Å². The molecule has 0 aliphatic rings. The molecule has 0 radical (unpaired) electrons. The van der Waals surface area contributed by atoms with Gasteiger partial charge in [-0.1, -0.05) is 42.0 Å². The maximum absolute atomic E-state index is 12.1. The summed E-state index contributed by atoms with van der Waals surface area (Å²) in [7, 11) is 1.82. The minimum Gasteiger partial charge on any atom is -0.342 e. The molecule has 0 saturated heterocycles. The van der Waals surface area contributed by atoms with Gasteiger partial charge in [0.1, 0.15) is 0 Å². The van der Waals surface area contributed by atoms with Gasteiger partial charge in [-0.2, -0.15) is 0 Å². The standard InChI is InChI=1S/C17H19NO/c1-4-18(3)17(19)16-7-5-6-15(12-16)14-10-8-13(2)9-11-14/h5-12H,4H2,1-3H3. The van der Waals surface area contributed by atoms with Crippen LogP contribution in [-0.4, -0.2) is 24.4 Å². The molecule has 0 aliphatic carbocycles. The molecule has 0 saturated carbocycles. The second-order valence-corrected chi connectivity index (χ2v) is 4.77. The highest BCUT2D eigenvalue weighted by atomic mass is 16.2. The number of aryl methyl sites for hydroxylation is 1. The van der Waals surface area contributed by atoms with Crippen LogP contribution in [0.2, 0.25) is 0 Å². The molecule has 19 heavy (non-hydrogen) atoms. The van der Waals surface area contributed by atoms with Crippen molar-refractivity contribution in [3.63, 3.8) is 0 Å². The number of hydrogen-bond acceptors (Lipinski definition) is 1. The molecule has 2 heteroatoms. The molecule has 0 atom stereocenters. The molecule has 0 N–H and O–H groups in total. The van der Waals surface area contributed by atoms with Crippen LogP contribution in [0.1, 0.15) is 22.8 Å². The highest BCUT2D eigenvalue weighted by molar-refractivity contribution is 5.95. The van der Waals surface area contributed by atoms with Crippen LogP contribution in [0.5, 0.6) is 0 Å². The lowest BCUT2D eigenvalue weighted by Gasteiger charge is -2.15. The molecular weight excluding hydrogens is 234 g/mol. The molecule has 2 nitrogen and oxygen atoms in total. The lowest BCUT2D eigenvalue weighted by atomic mass is 10.0. The smallest absolute Gasteiger partial charge is 0.253 e. The van der Waals surface area contributed by atoms with E-state index >= 15 is 0 Å². The van der Waals surface area contributed by atoms with Crippen molar-refractivity contribution in [2.75, 3.05) is 13.6 Å². The average molecular weight is 253 g/mol. The van der Waals surface area contributed by atoms with Gasteiger partial charge in [0.15, 0.2) is 0 Å². The van der Waals surface area contributed by atoms with Gasteiger partial charge in [-0.3, -0.25) is 4.79 Å². The molecule has 0 unspecified atom stereocenters. The van der Waals surface area contributed by atoms with E-state index in [0.717, 1.165) is 16.7 Å². The predicted octanol–water partition coefficient (Wildman–Crippen LogP) is 3.75. The summed E-state index contributed by atoms with van der Waals surface area (Å²) in [5.41, 5.74) is 4.19. The van der Waals surface area contributed by atoms with Crippen LogP contribution in [0.15, 0.2) is 48.5 Å². The molecule has 2 aromatic rings. The lowest BCUT2D eigenvalue weighted by Crippen LogP contribution is -2.26. The zero-order chi connectivity index (χ0) is 13.8. The van der Waals surface area contributed by atoms with Crippen molar-refractivity contribution in [2.24, 2.45) is 0 Å². The van der Waals surface area contributed by atoms with E-state index in [4.69, 9.17) is 0 Å². The van der Waals surface area contributed by atoms with Crippen molar-refractivity contribution in [2.45, 2.75) is 13.8 Å². The van der Waals surface area contributed by atoms with Crippen molar-refractivity contribution in [1.29, 1.82) is 0 Å². The van der Waals surface area contributed by atoms with Gasteiger partial charge in [0.2, 0.25) is 0 Å². The quantitative estimate of drug-likeness (QED) is 0.815. The molecule has 2 aromatic carbocycles. The van der Waals surface area contributed by atoms with Gasteiger partial charge < -0.3 is 4.90 Å². The molecule has 98 valence electrons. The summed E-state index contributed by atoms with van der Waals surface area (Å²) < 4.78 is 0. The molecule has 0 bridgehead atoms. The third-order valence-electron chi connectivity index (χ3n) is 3.32. The second kappa shape index (κ2) is 5.70. The van der Waals surface area contributed by atoms with Crippen LogP contribution < -0.4 is 0 Å². The maximum atomic E-state index is 12.1. The SMILES string of the molecule is CCN(C)C(=O)c1cccc(-c2ccc(C)cc2)c1. The highest BCUT2D eigenvalue weighted by Gasteiger charge is 2.10. The number of amides is 1. The topological polar surface area (TPSA) is 20.3 Å². The Morgan fingerprint density at radius 2 is 1.74 bits per heavy atom. The van der Waals surface area contributed by atoms with E-state index in [0.29, 0.717) is 6.54 Å². The summed E-state index contributed by atoms with van der Waals surface area (Å²) in [5.74, 6) is 0.0662. The first-order chi connectivity index (χ1) is 9.11. The Morgan fingerprint density at radius 1 is 1.05 bits per heavy atom. The first-order valence-corrected chi connectivity index (χ1v) is 6.54. The molecule has 0 aromatic heterocycles. The number of rotatable bonds is 3. The Bertz CT molecular complexity index is 572. The Hall–Kier alpha value is -2.09. The number of carbonyl (C=O) groups excluding carboxylic acids is 1. The predicted molar refractivity (Wildman–Crippen MR) is 79.2 cm³/mol. The van der Waals surface area contributed by atoms with Gasteiger partial charge >= 0.3 is 0 Å². The summed E-state index contributed by atoms with van der Waals surface area (Å²) in [5, 5.41) is 0. The van der Waals surface area contributed by atoms with E-state index in [-0.39, 0.29) is 5.91 Å². The van der Waals surface area contributed by atoms with Crippen LogP contribution in [-0.2, 0) is 0 Å². The van der Waals surface area contributed by atoms with Crippen LogP contribution in [0.25, 0.3) is 11.1 Å². The van der Waals surface area contributed by atoms with Crippen LogP contribution in [0.4, 0.5) is 0 Å². The second-order valence-electron chi connectivity index (χ2n) is 4.77. The van der Waals surface area contributed by atoms with Gasteiger partial charge in [0.05, 0.1) is 0 Å². The maximum Gasteiger partial charge on any atom is 0.253 e. The normalized spacial score (nSPS) is 10.3. The summed E-state index contributed by atoms with van der Waals surface area (Å²) in [6, 6.07) is 16.1. The molecule has 1 amide bonds. The van der Waals surface area contributed by atoms with Gasteiger partial charge in [-0.15, -0.1) is 0 Å². The Labute approximate surface area is 114 Å². The molecule has 0 aliphatic heterocycles. The summed E-state index contributed by atoms with van der Waals surface area (Å²) >= 11 is 0. The van der Waals surface area contributed by atoms with Gasteiger partial charge in [-0.25, -0.2) is 0 Å². The highest BCUT2D eigenvalue weighted by Crippen LogP contribution is 2.21. The van der Waals surface area contributed by atoms with E-state index in [1.54, 1.807) is 4.90 Å². The average Bonchev–Trinajstić information content (AvgIpc) is 2.46. The lowest BCUT2D eigenvalue weighted by molar-refractivity contribution is 0.0802. The van der Waals surface area contributed by atoms with Crippen molar-refractivity contribution >= 4 is 5.91 Å². The minimum atomic E-state index is 0.0662. The van der Waals surface area contributed by atoms with Gasteiger partial charge in [-0.05, 0) is 37.1 Å². The molecular formula is C17H19NO. The van der Waals surface area contributed by atoms with E-state index in [1.165, 1.54) is 5.56 Å². The van der Waals surface area contributed by atoms with Crippen molar-refractivity contribution in [3.05, 3.63) is 59.7 Å². The zero-order valence-electron chi connectivity index (χ0n) is 11.7. The fraction of sp³-hybridized carbons (Fsp3) is 0.235. The van der Waals surface area contributed by atoms with Crippen molar-refractivity contribution in [3.8, 4) is 11.1 Å². The van der Waals surface area contributed by atoms with Crippen LogP contribution >= 0.6 is 0 Å². The van der Waals surface area contributed by atoms with E-state index in [2.05, 4.69) is 31.2 Å². The first kappa shape index (κ1) is 13.3. The number of nitrogens with zero attached hydrogens (tertiary/aromatic N) is 1. The zero-order valence-corrected chi connectivity index (χ0v) is 11.7. The molecule has 0 fully saturated rings. The fourth-order valence-electron chi connectivity index (χ4n) is 1.94. The Balaban J connectivity index is 2.34. The monoisotopic (exact) mass is 253 g/mol. The Morgan fingerprint density at radius 3 is 2.37 bits per heavy atom. The van der Waals surface area contributed by atoms with Gasteiger partial charge in [0.25, 0.3) is 5.91 Å². The molecule has 2 rings (SSSR count). The van der Waals surface area contributed by atoms with Crippen LogP contribution in [0.3, 0.4) is 0 Å². The summed E-state index contributed by atoms with van der Waals surface area (Å²) in [6.45, 7) is 4.76. The van der Waals surface area contributed by atoms with Gasteiger partial charge in [0, 0.05) is 19.2 Å². The van der Waals surface area contributed by atoms with E-state index in [1.807, 2.05) is 38.2 Å². The Kier molecular flexibility index (Phi) is 4.00. The van der Waals surface area contributed by atoms with Crippen molar-refractivity contribution in [1.82, 2.24) is 4.90 Å². The first-order valence-electron chi connectivity index (χ1n) is 6.54. The van der Waals surface area contributed by atoms with Crippen LogP contribution in [0, 0.1) is 6.92 Å². The number of hydrogen-bond donors (Lipinski definition) is 0. The van der Waals surface area contributed by atoms with E-state index in [9.17, 15) is 4.79 Å². The third kappa shape index (κ3) is 3.02. The molecule has 0 spiro atoms. The number of carbonyl (C=O) groups is 1. The summed E-state index contributed by atoms with van der Waals surface area (Å²) in [6.07, 6.45) is 0. The number of benzene rings is 2. The minimum absolute atomic E-state index is 0.0662. The largest absolute Gasteiger partial charge is 0.342 e. The fourth-order valence-corrected chi connectivity index (χ4v) is 1.94. The third-order valence-corrected chi connectivity index (χ3v) is 3.32. The van der Waals surface area contributed by atoms with E-state index < -0.39 is 0 Å².